The second-order valence-electron chi connectivity index (χ2n) is 5.42. The Bertz CT molecular complexity index is 854. The zero-order chi connectivity index (χ0) is 17.1. The van der Waals surface area contributed by atoms with E-state index < -0.39 is 0 Å². The van der Waals surface area contributed by atoms with Crippen molar-refractivity contribution in [3.8, 4) is 5.69 Å². The quantitative estimate of drug-likeness (QED) is 0.779. The van der Waals surface area contributed by atoms with Crippen LogP contribution in [0.3, 0.4) is 0 Å². The maximum atomic E-state index is 12.4. The summed E-state index contributed by atoms with van der Waals surface area (Å²) in [5, 5.41) is 11.6. The van der Waals surface area contributed by atoms with Gasteiger partial charge in [-0.2, -0.15) is 0 Å². The van der Waals surface area contributed by atoms with Gasteiger partial charge in [0.2, 0.25) is 0 Å². The van der Waals surface area contributed by atoms with Gasteiger partial charge in [0.05, 0.1) is 11.4 Å². The fraction of sp³-hybridized carbons (Fsp3) is 0.167. The van der Waals surface area contributed by atoms with Gasteiger partial charge in [0, 0.05) is 10.7 Å². The molecule has 0 fully saturated rings. The molecule has 3 aromatic rings. The van der Waals surface area contributed by atoms with Gasteiger partial charge in [0.1, 0.15) is 0 Å². The molecule has 1 N–H and O–H groups in total. The summed E-state index contributed by atoms with van der Waals surface area (Å²) in [6.07, 6.45) is 0.961. The number of amides is 1. The molecule has 1 amide bonds. The van der Waals surface area contributed by atoms with Crippen LogP contribution in [0, 0.1) is 6.92 Å². The van der Waals surface area contributed by atoms with Gasteiger partial charge in [-0.3, -0.25) is 4.79 Å². The molecule has 0 aliphatic carbocycles. The zero-order valence-electron chi connectivity index (χ0n) is 13.5. The largest absolute Gasteiger partial charge is 0.321 e. The molecule has 0 unspecified atom stereocenters. The molecule has 0 spiro atoms. The number of nitrogens with one attached hydrogen (secondary N) is 1. The van der Waals surface area contributed by atoms with Crippen LogP contribution in [0.1, 0.15) is 28.7 Å². The first-order valence-corrected chi connectivity index (χ1v) is 8.05. The summed E-state index contributed by atoms with van der Waals surface area (Å²) < 4.78 is 1.62. The molecular formula is C18H17ClN4O. The molecule has 24 heavy (non-hydrogen) atoms. The van der Waals surface area contributed by atoms with E-state index in [9.17, 15) is 4.79 Å². The first kappa shape index (κ1) is 16.2. The molecule has 122 valence electrons. The minimum absolute atomic E-state index is 0.281. The smallest absolute Gasteiger partial charge is 0.278 e. The number of nitrogens with zero attached hydrogens (tertiary/aromatic N) is 3. The normalized spacial score (nSPS) is 10.6. The standard InChI is InChI=1S/C18H17ClN4O/c1-3-13-4-8-15(9-5-13)20-18(24)17-12(2)23(22-21-17)16-10-6-14(19)7-11-16/h4-11H,3H2,1-2H3,(H,20,24). The van der Waals surface area contributed by atoms with Crippen molar-refractivity contribution in [2.45, 2.75) is 20.3 Å². The summed E-state index contributed by atoms with van der Waals surface area (Å²) in [5.74, 6) is -0.281. The number of aromatic nitrogens is 3. The minimum Gasteiger partial charge on any atom is -0.321 e. The molecule has 0 aliphatic heterocycles. The van der Waals surface area contributed by atoms with E-state index in [1.54, 1.807) is 16.8 Å². The number of carbonyl (C=O) groups excluding carboxylic acids is 1. The van der Waals surface area contributed by atoms with Crippen molar-refractivity contribution in [1.29, 1.82) is 0 Å². The van der Waals surface area contributed by atoms with Gasteiger partial charge >= 0.3 is 0 Å². The highest BCUT2D eigenvalue weighted by Crippen LogP contribution is 2.17. The maximum absolute atomic E-state index is 12.4. The lowest BCUT2D eigenvalue weighted by Crippen LogP contribution is -2.14. The summed E-state index contributed by atoms with van der Waals surface area (Å²) in [4.78, 5) is 12.4. The number of anilines is 1. The molecule has 6 heteroatoms. The van der Waals surface area contributed by atoms with Crippen molar-refractivity contribution < 1.29 is 4.79 Å². The van der Waals surface area contributed by atoms with Crippen molar-refractivity contribution in [3.63, 3.8) is 0 Å². The Hall–Kier alpha value is -2.66. The Morgan fingerprint density at radius 1 is 1.12 bits per heavy atom. The van der Waals surface area contributed by atoms with Gasteiger partial charge < -0.3 is 5.32 Å². The van der Waals surface area contributed by atoms with Crippen molar-refractivity contribution in [2.24, 2.45) is 0 Å². The summed E-state index contributed by atoms with van der Waals surface area (Å²) >= 11 is 5.90. The van der Waals surface area contributed by atoms with E-state index in [2.05, 4.69) is 22.6 Å². The number of benzene rings is 2. The van der Waals surface area contributed by atoms with Crippen molar-refractivity contribution in [2.75, 3.05) is 5.32 Å². The third-order valence-electron chi connectivity index (χ3n) is 3.80. The van der Waals surface area contributed by atoms with Crippen molar-refractivity contribution in [3.05, 3.63) is 70.5 Å². The van der Waals surface area contributed by atoms with Crippen molar-refractivity contribution in [1.82, 2.24) is 15.0 Å². The van der Waals surface area contributed by atoms with Gasteiger partial charge in [0.15, 0.2) is 5.69 Å². The highest BCUT2D eigenvalue weighted by atomic mass is 35.5. The lowest BCUT2D eigenvalue weighted by molar-refractivity contribution is 0.102. The number of rotatable bonds is 4. The fourth-order valence-electron chi connectivity index (χ4n) is 2.38. The number of hydrogen-bond donors (Lipinski definition) is 1. The van der Waals surface area contributed by atoms with Crippen LogP contribution in [-0.2, 0) is 6.42 Å². The van der Waals surface area contributed by atoms with Crippen LogP contribution in [0.2, 0.25) is 5.02 Å². The van der Waals surface area contributed by atoms with E-state index in [0.29, 0.717) is 16.4 Å². The van der Waals surface area contributed by atoms with E-state index in [0.717, 1.165) is 17.8 Å². The number of carbonyl (C=O) groups is 1. The van der Waals surface area contributed by atoms with Crippen LogP contribution < -0.4 is 5.32 Å². The molecular weight excluding hydrogens is 324 g/mol. The molecule has 0 bridgehead atoms. The summed E-state index contributed by atoms with van der Waals surface area (Å²) in [7, 11) is 0. The van der Waals surface area contributed by atoms with Gasteiger partial charge in [-0.05, 0) is 55.3 Å². The third kappa shape index (κ3) is 3.31. The van der Waals surface area contributed by atoms with E-state index >= 15 is 0 Å². The summed E-state index contributed by atoms with van der Waals surface area (Å²) in [6.45, 7) is 3.90. The maximum Gasteiger partial charge on any atom is 0.278 e. The summed E-state index contributed by atoms with van der Waals surface area (Å²) in [6, 6.07) is 15.0. The SMILES string of the molecule is CCc1ccc(NC(=O)c2nnn(-c3ccc(Cl)cc3)c2C)cc1. The number of halogens is 1. The number of aryl methyl sites for hydroxylation is 1. The van der Waals surface area contributed by atoms with Gasteiger partial charge in [-0.15, -0.1) is 5.10 Å². The number of hydrogen-bond acceptors (Lipinski definition) is 3. The third-order valence-corrected chi connectivity index (χ3v) is 4.05. The fourth-order valence-corrected chi connectivity index (χ4v) is 2.51. The Labute approximate surface area is 145 Å². The van der Waals surface area contributed by atoms with Crippen LogP contribution in [0.4, 0.5) is 5.69 Å². The second kappa shape index (κ2) is 6.84. The predicted octanol–water partition coefficient (Wildman–Crippen LogP) is 4.04. The lowest BCUT2D eigenvalue weighted by Gasteiger charge is -2.06. The average Bonchev–Trinajstić information content (AvgIpc) is 2.98. The highest BCUT2D eigenvalue weighted by Gasteiger charge is 2.17. The molecule has 3 rings (SSSR count). The molecule has 0 radical (unpaired) electrons. The molecule has 0 atom stereocenters. The Kier molecular flexibility index (Phi) is 4.62. The Balaban J connectivity index is 1.81. The molecule has 0 saturated carbocycles. The van der Waals surface area contributed by atoms with E-state index in [1.165, 1.54) is 5.56 Å². The van der Waals surface area contributed by atoms with E-state index in [-0.39, 0.29) is 5.91 Å². The first-order valence-electron chi connectivity index (χ1n) is 7.67. The average molecular weight is 341 g/mol. The van der Waals surface area contributed by atoms with Gasteiger partial charge in [0.25, 0.3) is 5.91 Å². The minimum atomic E-state index is -0.281. The molecule has 1 heterocycles. The Morgan fingerprint density at radius 3 is 2.42 bits per heavy atom. The van der Waals surface area contributed by atoms with Gasteiger partial charge in [-0.1, -0.05) is 35.9 Å². The molecule has 0 aliphatic rings. The lowest BCUT2D eigenvalue weighted by atomic mass is 10.1. The molecule has 5 nitrogen and oxygen atoms in total. The second-order valence-corrected chi connectivity index (χ2v) is 5.85. The predicted molar refractivity (Wildman–Crippen MR) is 94.9 cm³/mol. The van der Waals surface area contributed by atoms with E-state index in [4.69, 9.17) is 11.6 Å². The van der Waals surface area contributed by atoms with Crippen molar-refractivity contribution >= 4 is 23.2 Å². The molecule has 0 saturated heterocycles. The van der Waals surface area contributed by atoms with Crippen LogP contribution >= 0.6 is 11.6 Å². The monoisotopic (exact) mass is 340 g/mol. The highest BCUT2D eigenvalue weighted by molar-refractivity contribution is 6.30. The zero-order valence-corrected chi connectivity index (χ0v) is 14.2. The van der Waals surface area contributed by atoms with Gasteiger partial charge in [-0.25, -0.2) is 4.68 Å². The first-order chi connectivity index (χ1) is 11.6. The van der Waals surface area contributed by atoms with Crippen LogP contribution in [0.5, 0.6) is 0 Å². The van der Waals surface area contributed by atoms with E-state index in [1.807, 2.05) is 43.3 Å². The van der Waals surface area contributed by atoms with Crippen LogP contribution in [0.25, 0.3) is 5.69 Å². The van der Waals surface area contributed by atoms with Crippen LogP contribution in [0.15, 0.2) is 48.5 Å². The summed E-state index contributed by atoms with van der Waals surface area (Å²) in [5.41, 5.74) is 3.72. The molecule has 2 aromatic carbocycles. The topological polar surface area (TPSA) is 59.8 Å². The Morgan fingerprint density at radius 2 is 1.79 bits per heavy atom. The molecule has 1 aromatic heterocycles. The van der Waals surface area contributed by atoms with Crippen LogP contribution in [-0.4, -0.2) is 20.9 Å².